The molecule has 1 nitrogen and oxygen atoms in total. The van der Waals surface area contributed by atoms with Crippen LogP contribution in [-0.4, -0.2) is 4.98 Å². The second kappa shape index (κ2) is 8.31. The van der Waals surface area contributed by atoms with Gasteiger partial charge in [0, 0.05) is 17.3 Å². The molecule has 0 saturated heterocycles. The first-order valence-corrected chi connectivity index (χ1v) is 8.94. The summed E-state index contributed by atoms with van der Waals surface area (Å²) >= 11 is 0. The zero-order chi connectivity index (χ0) is 15.9. The van der Waals surface area contributed by atoms with E-state index in [4.69, 9.17) is 0 Å². The molecule has 1 aromatic heterocycles. The van der Waals surface area contributed by atoms with Crippen LogP contribution in [0.1, 0.15) is 71.4 Å². The van der Waals surface area contributed by atoms with Crippen LogP contribution in [0.25, 0.3) is 10.8 Å². The number of hydrogen-bond acceptors (Lipinski definition) is 1. The first-order chi connectivity index (χ1) is 10.6. The third-order valence-electron chi connectivity index (χ3n) is 4.96. The second-order valence-electron chi connectivity index (χ2n) is 7.15. The molecule has 2 aromatic rings. The van der Waals surface area contributed by atoms with Gasteiger partial charge in [0.2, 0.25) is 0 Å². The average Bonchev–Trinajstić information content (AvgIpc) is 2.55. The maximum Gasteiger partial charge on any atom is 0.0435 e. The Morgan fingerprint density at radius 3 is 2.27 bits per heavy atom. The van der Waals surface area contributed by atoms with E-state index in [-0.39, 0.29) is 0 Å². The van der Waals surface area contributed by atoms with E-state index in [2.05, 4.69) is 56.9 Å². The Bertz CT molecular complexity index is 565. The Hall–Kier alpha value is -1.37. The summed E-state index contributed by atoms with van der Waals surface area (Å²) in [7, 11) is 0. The molecule has 0 N–H and O–H groups in total. The molecule has 3 rings (SSSR count). The minimum Gasteiger partial charge on any atom is -0.260 e. The van der Waals surface area contributed by atoms with Crippen molar-refractivity contribution in [2.45, 2.75) is 65.7 Å². The Labute approximate surface area is 136 Å². The molecule has 0 bridgehead atoms. The fraction of sp³-hybridized carbons (Fsp3) is 0.571. The molecule has 0 spiro atoms. The minimum atomic E-state index is 0.504. The molecule has 22 heavy (non-hydrogen) atoms. The number of benzene rings is 1. The number of aromatic nitrogens is 1. The van der Waals surface area contributed by atoms with Crippen molar-refractivity contribution in [2.24, 2.45) is 11.8 Å². The standard InChI is InChI=1S/C12H13N.C9H18/c1-9(2)12-7-10-5-3-4-6-11(10)8-13-12;1-3-9-6-4-8(2)5-7-9/h3-9H,1-2H3;8-9H,3-7H2,1-2H3. The normalized spacial score (nSPS) is 21.5. The molecule has 1 aliphatic rings. The minimum absolute atomic E-state index is 0.504. The molecule has 1 fully saturated rings. The van der Waals surface area contributed by atoms with E-state index in [1.807, 2.05) is 12.3 Å². The van der Waals surface area contributed by atoms with Crippen LogP contribution in [0, 0.1) is 11.8 Å². The first-order valence-electron chi connectivity index (χ1n) is 8.94. The van der Waals surface area contributed by atoms with Gasteiger partial charge < -0.3 is 0 Å². The molecule has 120 valence electrons. The molecular formula is C21H31N. The smallest absolute Gasteiger partial charge is 0.0435 e. The summed E-state index contributed by atoms with van der Waals surface area (Å²) in [5.74, 6) is 2.60. The van der Waals surface area contributed by atoms with E-state index in [1.54, 1.807) is 0 Å². The Kier molecular flexibility index (Phi) is 6.42. The summed E-state index contributed by atoms with van der Waals surface area (Å²) in [6.45, 7) is 9.03. The lowest BCUT2D eigenvalue weighted by molar-refractivity contribution is 0.284. The summed E-state index contributed by atoms with van der Waals surface area (Å²) in [5.41, 5.74) is 1.17. The Morgan fingerprint density at radius 1 is 1.05 bits per heavy atom. The molecule has 0 aliphatic heterocycles. The topological polar surface area (TPSA) is 12.9 Å². The van der Waals surface area contributed by atoms with Crippen LogP contribution < -0.4 is 0 Å². The summed E-state index contributed by atoms with van der Waals surface area (Å²) in [6, 6.07) is 10.5. The highest BCUT2D eigenvalue weighted by Gasteiger charge is 2.15. The maximum absolute atomic E-state index is 4.41. The summed E-state index contributed by atoms with van der Waals surface area (Å²) in [4.78, 5) is 4.41. The molecule has 0 radical (unpaired) electrons. The molecule has 1 heterocycles. The average molecular weight is 297 g/mol. The van der Waals surface area contributed by atoms with E-state index in [0.29, 0.717) is 5.92 Å². The van der Waals surface area contributed by atoms with Crippen molar-refractivity contribution in [3.63, 3.8) is 0 Å². The largest absolute Gasteiger partial charge is 0.260 e. The highest BCUT2D eigenvalue weighted by Crippen LogP contribution is 2.29. The van der Waals surface area contributed by atoms with Crippen LogP contribution in [0.2, 0.25) is 0 Å². The van der Waals surface area contributed by atoms with Crippen LogP contribution >= 0.6 is 0 Å². The van der Waals surface area contributed by atoms with Crippen LogP contribution in [0.4, 0.5) is 0 Å². The number of nitrogens with zero attached hydrogens (tertiary/aromatic N) is 1. The summed E-state index contributed by atoms with van der Waals surface area (Å²) < 4.78 is 0. The van der Waals surface area contributed by atoms with Crippen molar-refractivity contribution in [3.8, 4) is 0 Å². The fourth-order valence-corrected chi connectivity index (χ4v) is 3.15. The van der Waals surface area contributed by atoms with Gasteiger partial charge in [0.05, 0.1) is 0 Å². The first kappa shape index (κ1) is 17.0. The number of pyridine rings is 1. The van der Waals surface area contributed by atoms with Crippen molar-refractivity contribution in [2.75, 3.05) is 0 Å². The lowest BCUT2D eigenvalue weighted by atomic mass is 9.82. The highest BCUT2D eigenvalue weighted by molar-refractivity contribution is 5.81. The van der Waals surface area contributed by atoms with Crippen LogP contribution in [-0.2, 0) is 0 Å². The Balaban J connectivity index is 0.000000172. The van der Waals surface area contributed by atoms with E-state index in [9.17, 15) is 0 Å². The summed E-state index contributed by atoms with van der Waals surface area (Å²) in [6.07, 6.45) is 9.32. The fourth-order valence-electron chi connectivity index (χ4n) is 3.15. The van der Waals surface area contributed by atoms with Crippen molar-refractivity contribution < 1.29 is 0 Å². The van der Waals surface area contributed by atoms with Gasteiger partial charge in [-0.3, -0.25) is 4.98 Å². The molecule has 1 aliphatic carbocycles. The predicted molar refractivity (Wildman–Crippen MR) is 97.2 cm³/mol. The van der Waals surface area contributed by atoms with Crippen LogP contribution in [0.3, 0.4) is 0 Å². The van der Waals surface area contributed by atoms with Crippen LogP contribution in [0.5, 0.6) is 0 Å². The van der Waals surface area contributed by atoms with Crippen molar-refractivity contribution in [3.05, 3.63) is 42.2 Å². The summed E-state index contributed by atoms with van der Waals surface area (Å²) in [5, 5.41) is 2.49. The van der Waals surface area contributed by atoms with Gasteiger partial charge in [0.25, 0.3) is 0 Å². The predicted octanol–water partition coefficient (Wildman–Crippen LogP) is 6.58. The van der Waals surface area contributed by atoms with Crippen molar-refractivity contribution in [1.29, 1.82) is 0 Å². The lowest BCUT2D eigenvalue weighted by Crippen LogP contribution is -2.10. The number of hydrogen-bond donors (Lipinski definition) is 0. The second-order valence-corrected chi connectivity index (χ2v) is 7.15. The lowest BCUT2D eigenvalue weighted by Gasteiger charge is -2.24. The maximum atomic E-state index is 4.41. The third kappa shape index (κ3) is 4.83. The van der Waals surface area contributed by atoms with Crippen molar-refractivity contribution >= 4 is 10.8 Å². The van der Waals surface area contributed by atoms with E-state index < -0.39 is 0 Å². The monoisotopic (exact) mass is 297 g/mol. The zero-order valence-corrected chi connectivity index (χ0v) is 14.7. The third-order valence-corrected chi connectivity index (χ3v) is 4.96. The van der Waals surface area contributed by atoms with Gasteiger partial charge in [-0.05, 0) is 29.2 Å². The molecule has 1 heteroatoms. The number of fused-ring (bicyclic) bond motifs is 1. The van der Waals surface area contributed by atoms with Gasteiger partial charge in [0.1, 0.15) is 0 Å². The molecule has 0 atom stereocenters. The van der Waals surface area contributed by atoms with E-state index in [0.717, 1.165) is 11.8 Å². The van der Waals surface area contributed by atoms with Gasteiger partial charge in [0.15, 0.2) is 0 Å². The molecule has 0 unspecified atom stereocenters. The van der Waals surface area contributed by atoms with Crippen molar-refractivity contribution in [1.82, 2.24) is 4.98 Å². The van der Waals surface area contributed by atoms with E-state index >= 15 is 0 Å². The Morgan fingerprint density at radius 2 is 1.68 bits per heavy atom. The quantitative estimate of drug-likeness (QED) is 0.610. The van der Waals surface area contributed by atoms with Gasteiger partial charge in [-0.15, -0.1) is 0 Å². The highest BCUT2D eigenvalue weighted by atomic mass is 14.7. The van der Waals surface area contributed by atoms with Gasteiger partial charge in [-0.1, -0.05) is 84.1 Å². The van der Waals surface area contributed by atoms with Gasteiger partial charge in [-0.25, -0.2) is 0 Å². The molecule has 1 aromatic carbocycles. The van der Waals surface area contributed by atoms with Crippen LogP contribution in [0.15, 0.2) is 36.5 Å². The van der Waals surface area contributed by atoms with Gasteiger partial charge >= 0.3 is 0 Å². The molecule has 1 saturated carbocycles. The molecular weight excluding hydrogens is 266 g/mol. The van der Waals surface area contributed by atoms with E-state index in [1.165, 1.54) is 48.6 Å². The SMILES string of the molecule is CC(C)c1cc2ccccc2cn1.CCC1CCC(C)CC1. The zero-order valence-electron chi connectivity index (χ0n) is 14.7. The molecule has 0 amide bonds. The van der Waals surface area contributed by atoms with Gasteiger partial charge in [-0.2, -0.15) is 0 Å². The number of rotatable bonds is 2.